The van der Waals surface area contributed by atoms with Gasteiger partial charge in [0.1, 0.15) is 12.4 Å². The Morgan fingerprint density at radius 3 is 2.50 bits per heavy atom. The zero-order valence-electron chi connectivity index (χ0n) is 17.9. The maximum Gasteiger partial charge on any atom is 0.271 e. The summed E-state index contributed by atoms with van der Waals surface area (Å²) >= 11 is 0. The molecule has 0 spiro atoms. The van der Waals surface area contributed by atoms with Crippen molar-refractivity contribution in [3.05, 3.63) is 95.6 Å². The molecule has 170 valence electrons. The molecule has 4 aromatic rings. The summed E-state index contributed by atoms with van der Waals surface area (Å²) in [6, 6.07) is 23.2. The van der Waals surface area contributed by atoms with E-state index in [4.69, 9.17) is 4.74 Å². The number of aliphatic carboxylic acids is 1. The van der Waals surface area contributed by atoms with Crippen molar-refractivity contribution in [3.63, 3.8) is 0 Å². The van der Waals surface area contributed by atoms with E-state index in [1.807, 2.05) is 30.3 Å². The number of ether oxygens (including phenoxy) is 1. The van der Waals surface area contributed by atoms with Gasteiger partial charge in [-0.25, -0.2) is 5.43 Å². The molecule has 1 aromatic heterocycles. The van der Waals surface area contributed by atoms with Gasteiger partial charge in [-0.15, -0.1) is 10.2 Å². The van der Waals surface area contributed by atoms with Gasteiger partial charge in [0.05, 0.1) is 18.7 Å². The number of benzene rings is 3. The van der Waals surface area contributed by atoms with Gasteiger partial charge < -0.3 is 14.6 Å². The van der Waals surface area contributed by atoms with E-state index in [2.05, 4.69) is 25.9 Å². The highest BCUT2D eigenvalue weighted by molar-refractivity contribution is 5.95. The van der Waals surface area contributed by atoms with Crippen molar-refractivity contribution in [2.24, 2.45) is 5.10 Å². The Balaban J connectivity index is 1.34. The first-order valence-corrected chi connectivity index (χ1v) is 10.3. The lowest BCUT2D eigenvalue weighted by Gasteiger charge is -2.09. The van der Waals surface area contributed by atoms with Crippen molar-refractivity contribution < 1.29 is 19.4 Å². The molecule has 0 aliphatic heterocycles. The first kappa shape index (κ1) is 22.3. The van der Waals surface area contributed by atoms with Crippen molar-refractivity contribution in [1.82, 2.24) is 25.6 Å². The Morgan fingerprint density at radius 2 is 1.74 bits per heavy atom. The van der Waals surface area contributed by atoms with Crippen LogP contribution in [-0.2, 0) is 11.3 Å². The summed E-state index contributed by atoms with van der Waals surface area (Å²) < 4.78 is 5.15. The van der Waals surface area contributed by atoms with Crippen LogP contribution in [0.5, 0.6) is 5.75 Å². The predicted molar refractivity (Wildman–Crippen MR) is 121 cm³/mol. The number of nitrogens with zero attached hydrogens (tertiary/aromatic N) is 5. The average molecular weight is 455 g/mol. The third kappa shape index (κ3) is 5.88. The van der Waals surface area contributed by atoms with Gasteiger partial charge in [0, 0.05) is 16.7 Å². The summed E-state index contributed by atoms with van der Waals surface area (Å²) in [4.78, 5) is 24.5. The summed E-state index contributed by atoms with van der Waals surface area (Å²) in [5, 5.41) is 27.1. The molecule has 0 saturated carbocycles. The number of aromatic nitrogens is 4. The molecule has 1 amide bonds. The molecule has 34 heavy (non-hydrogen) atoms. The summed E-state index contributed by atoms with van der Waals surface area (Å²) in [7, 11) is 0. The van der Waals surface area contributed by atoms with Crippen molar-refractivity contribution in [2.75, 3.05) is 6.61 Å². The number of hydrogen-bond acceptors (Lipinski definition) is 8. The van der Waals surface area contributed by atoms with Crippen LogP contribution in [0.2, 0.25) is 0 Å². The SMILES string of the molecule is O=C([O-])COc1ccccc1/C=N\NC(=O)c1ccc(Cn2nnc(-c3ccccc3)n2)cc1. The van der Waals surface area contributed by atoms with Gasteiger partial charge >= 0.3 is 0 Å². The fourth-order valence-electron chi connectivity index (χ4n) is 3.02. The van der Waals surface area contributed by atoms with E-state index < -0.39 is 18.5 Å². The number of tetrazole rings is 1. The summed E-state index contributed by atoms with van der Waals surface area (Å²) in [5.41, 5.74) is 5.14. The van der Waals surface area contributed by atoms with E-state index in [1.54, 1.807) is 48.5 Å². The Hall–Kier alpha value is -4.86. The molecular weight excluding hydrogens is 436 g/mol. The van der Waals surface area contributed by atoms with Crippen LogP contribution in [0, 0.1) is 0 Å². The summed E-state index contributed by atoms with van der Waals surface area (Å²) in [6.45, 7) is -0.177. The van der Waals surface area contributed by atoms with Crippen LogP contribution in [0.1, 0.15) is 21.5 Å². The smallest absolute Gasteiger partial charge is 0.271 e. The van der Waals surface area contributed by atoms with Crippen LogP contribution in [-0.4, -0.2) is 44.9 Å². The maximum absolute atomic E-state index is 12.4. The minimum absolute atomic E-state index is 0.311. The lowest BCUT2D eigenvalue weighted by Crippen LogP contribution is -2.29. The molecule has 1 heterocycles. The van der Waals surface area contributed by atoms with E-state index >= 15 is 0 Å². The Labute approximate surface area is 194 Å². The quantitative estimate of drug-likeness (QED) is 0.297. The molecule has 4 rings (SSSR count). The van der Waals surface area contributed by atoms with Gasteiger partial charge in [-0.2, -0.15) is 9.90 Å². The highest BCUT2D eigenvalue weighted by atomic mass is 16.5. The fraction of sp³-hybridized carbons (Fsp3) is 0.0833. The molecule has 10 nitrogen and oxygen atoms in total. The summed E-state index contributed by atoms with van der Waals surface area (Å²) in [6.07, 6.45) is 1.37. The van der Waals surface area contributed by atoms with Crippen LogP contribution in [0.15, 0.2) is 84.0 Å². The number of para-hydroxylation sites is 1. The Bertz CT molecular complexity index is 1300. The molecule has 10 heteroatoms. The van der Waals surface area contributed by atoms with Gasteiger partial charge in [-0.1, -0.05) is 54.6 Å². The number of carbonyl (C=O) groups is 2. The molecule has 0 bridgehead atoms. The van der Waals surface area contributed by atoms with Crippen molar-refractivity contribution in [2.45, 2.75) is 6.54 Å². The lowest BCUT2D eigenvalue weighted by atomic mass is 10.1. The second kappa shape index (κ2) is 10.6. The third-order valence-electron chi connectivity index (χ3n) is 4.66. The number of carboxylic acid groups (broad SMARTS) is 1. The Morgan fingerprint density at radius 1 is 1.00 bits per heavy atom. The number of carboxylic acids is 1. The zero-order chi connectivity index (χ0) is 23.8. The molecule has 0 radical (unpaired) electrons. The minimum atomic E-state index is -1.33. The first-order valence-electron chi connectivity index (χ1n) is 10.3. The number of nitrogens with one attached hydrogen (secondary N) is 1. The number of amides is 1. The highest BCUT2D eigenvalue weighted by Crippen LogP contribution is 2.16. The second-order valence-corrected chi connectivity index (χ2v) is 7.10. The van der Waals surface area contributed by atoms with Crippen LogP contribution in [0.3, 0.4) is 0 Å². The van der Waals surface area contributed by atoms with Gasteiger partial charge in [0.15, 0.2) is 0 Å². The monoisotopic (exact) mass is 455 g/mol. The van der Waals surface area contributed by atoms with Crippen LogP contribution in [0.25, 0.3) is 11.4 Å². The number of hydrazone groups is 1. The first-order chi connectivity index (χ1) is 16.6. The molecule has 0 aliphatic rings. The molecule has 3 aromatic carbocycles. The van der Waals surface area contributed by atoms with Gasteiger partial charge in [0.25, 0.3) is 5.91 Å². The molecule has 0 fully saturated rings. The van der Waals surface area contributed by atoms with E-state index in [1.165, 1.54) is 11.0 Å². The molecular formula is C24H19N6O4-. The topological polar surface area (TPSA) is 134 Å². The van der Waals surface area contributed by atoms with E-state index in [0.29, 0.717) is 29.2 Å². The van der Waals surface area contributed by atoms with Crippen molar-refractivity contribution >= 4 is 18.1 Å². The van der Waals surface area contributed by atoms with E-state index in [9.17, 15) is 14.7 Å². The molecule has 0 aliphatic carbocycles. The van der Waals surface area contributed by atoms with Crippen LogP contribution in [0.4, 0.5) is 0 Å². The third-order valence-corrected chi connectivity index (χ3v) is 4.66. The van der Waals surface area contributed by atoms with Crippen molar-refractivity contribution in [3.8, 4) is 17.1 Å². The number of rotatable bonds is 9. The molecule has 1 N–H and O–H groups in total. The summed E-state index contributed by atoms with van der Waals surface area (Å²) in [5.74, 6) is -0.881. The highest BCUT2D eigenvalue weighted by Gasteiger charge is 2.08. The van der Waals surface area contributed by atoms with E-state index in [-0.39, 0.29) is 0 Å². The van der Waals surface area contributed by atoms with Gasteiger partial charge in [-0.05, 0) is 35.0 Å². The second-order valence-electron chi connectivity index (χ2n) is 7.10. The van der Waals surface area contributed by atoms with Crippen LogP contribution < -0.4 is 15.3 Å². The minimum Gasteiger partial charge on any atom is -0.546 e. The maximum atomic E-state index is 12.4. The van der Waals surface area contributed by atoms with Crippen LogP contribution >= 0.6 is 0 Å². The van der Waals surface area contributed by atoms with Gasteiger partial charge in [0.2, 0.25) is 5.82 Å². The standard InChI is InChI=1S/C24H20N6O4/c31-22(32)16-34-21-9-5-4-8-20(21)14-25-27-24(33)19-12-10-17(11-13-19)15-30-28-23(26-29-30)18-6-2-1-3-7-18/h1-14H,15-16H2,(H,27,33)(H,31,32)/p-1/b25-14-. The normalized spacial score (nSPS) is 10.8. The lowest BCUT2D eigenvalue weighted by molar-refractivity contribution is -0.307. The number of carbonyl (C=O) groups excluding carboxylic acids is 2. The molecule has 0 atom stereocenters. The van der Waals surface area contributed by atoms with E-state index in [0.717, 1.165) is 11.1 Å². The predicted octanol–water partition coefficient (Wildman–Crippen LogP) is 1.28. The largest absolute Gasteiger partial charge is 0.546 e. The molecule has 0 saturated heterocycles. The van der Waals surface area contributed by atoms with Gasteiger partial charge in [-0.3, -0.25) is 4.79 Å². The average Bonchev–Trinajstić information content (AvgIpc) is 3.33. The fourth-order valence-corrected chi connectivity index (χ4v) is 3.02. The zero-order valence-corrected chi connectivity index (χ0v) is 17.9. The van der Waals surface area contributed by atoms with Crippen molar-refractivity contribution in [1.29, 1.82) is 0 Å². The molecule has 0 unspecified atom stereocenters. The Kier molecular flexibility index (Phi) is 6.99. The number of hydrogen-bond donors (Lipinski definition) is 1.